The van der Waals surface area contributed by atoms with E-state index in [0.717, 1.165) is 10.8 Å². The van der Waals surface area contributed by atoms with E-state index in [1.807, 2.05) is 6.07 Å². The summed E-state index contributed by atoms with van der Waals surface area (Å²) >= 11 is 1.38. The predicted octanol–water partition coefficient (Wildman–Crippen LogP) is 4.80. The lowest BCUT2D eigenvalue weighted by Crippen LogP contribution is -2.46. The fourth-order valence-corrected chi connectivity index (χ4v) is 6.46. The van der Waals surface area contributed by atoms with E-state index < -0.39 is 21.5 Å². The lowest BCUT2D eigenvalue weighted by Gasteiger charge is -2.38. The molecule has 180 valence electrons. The Labute approximate surface area is 200 Å². The second-order valence-corrected chi connectivity index (χ2v) is 11.3. The van der Waals surface area contributed by atoms with Gasteiger partial charge in [-0.3, -0.25) is 4.79 Å². The first-order chi connectivity index (χ1) is 16.2. The minimum atomic E-state index is -3.62. The summed E-state index contributed by atoms with van der Waals surface area (Å²) in [7, 11) is -3.62. The van der Waals surface area contributed by atoms with E-state index in [2.05, 4.69) is 4.98 Å². The number of nitrogens with zero attached hydrogens (tertiary/aromatic N) is 2. The minimum Gasteiger partial charge on any atom is -0.390 e. The molecular formula is C24H24F2N2O4S2. The maximum Gasteiger partial charge on any atom is 0.266 e. The first kappa shape index (κ1) is 24.4. The van der Waals surface area contributed by atoms with Crippen LogP contribution in [0.3, 0.4) is 0 Å². The zero-order valence-electron chi connectivity index (χ0n) is 18.3. The Bertz CT molecular complexity index is 1310. The SMILES string of the molecule is O=C(c1ccc(CS(=O)(=O)c2cccc3scnc23)cc1)N1CCC(O)(CCC=C(F)F)CC1. The summed E-state index contributed by atoms with van der Waals surface area (Å²) in [5.41, 5.74) is 2.02. The summed E-state index contributed by atoms with van der Waals surface area (Å²) < 4.78 is 51.2. The number of benzene rings is 2. The monoisotopic (exact) mass is 506 g/mol. The number of para-hydroxylation sites is 1. The third-order valence-electron chi connectivity index (χ3n) is 6.11. The number of fused-ring (bicyclic) bond motifs is 1. The third-order valence-corrected chi connectivity index (χ3v) is 8.61. The number of halogens is 2. The van der Waals surface area contributed by atoms with Gasteiger partial charge in [-0.05, 0) is 61.6 Å². The van der Waals surface area contributed by atoms with Crippen LogP contribution in [0.2, 0.25) is 0 Å². The number of carbonyl (C=O) groups excluding carboxylic acids is 1. The van der Waals surface area contributed by atoms with Gasteiger partial charge in [-0.25, -0.2) is 13.4 Å². The summed E-state index contributed by atoms with van der Waals surface area (Å²) in [4.78, 5) is 18.9. The van der Waals surface area contributed by atoms with Crippen molar-refractivity contribution in [1.29, 1.82) is 0 Å². The van der Waals surface area contributed by atoms with Crippen LogP contribution in [0.15, 0.2) is 65.0 Å². The zero-order chi connectivity index (χ0) is 24.3. The number of aromatic nitrogens is 1. The fraction of sp³-hybridized carbons (Fsp3) is 0.333. The quantitative estimate of drug-likeness (QED) is 0.498. The van der Waals surface area contributed by atoms with Crippen LogP contribution in [-0.4, -0.2) is 48.0 Å². The number of allylic oxidation sites excluding steroid dienone is 1. The number of aliphatic hydroxyl groups is 1. The van der Waals surface area contributed by atoms with Gasteiger partial charge in [-0.1, -0.05) is 18.2 Å². The molecule has 34 heavy (non-hydrogen) atoms. The Hall–Kier alpha value is -2.69. The molecule has 1 fully saturated rings. The second-order valence-electron chi connectivity index (χ2n) is 8.46. The van der Waals surface area contributed by atoms with Crippen LogP contribution < -0.4 is 0 Å². The Kier molecular flexibility index (Phi) is 7.11. The number of sulfone groups is 1. The largest absolute Gasteiger partial charge is 0.390 e. The van der Waals surface area contributed by atoms with Gasteiger partial charge >= 0.3 is 0 Å². The highest BCUT2D eigenvalue weighted by atomic mass is 32.2. The van der Waals surface area contributed by atoms with Crippen molar-refractivity contribution in [3.05, 3.63) is 71.3 Å². The molecule has 3 aromatic rings. The highest BCUT2D eigenvalue weighted by Gasteiger charge is 2.33. The third kappa shape index (κ3) is 5.51. The second kappa shape index (κ2) is 9.89. The summed E-state index contributed by atoms with van der Waals surface area (Å²) in [6.07, 6.45) is -0.00206. The fourth-order valence-electron chi connectivity index (χ4n) is 4.16. The maximum atomic E-state index is 13.0. The predicted molar refractivity (Wildman–Crippen MR) is 127 cm³/mol. The maximum absolute atomic E-state index is 13.0. The van der Waals surface area contributed by atoms with Crippen molar-refractivity contribution in [2.45, 2.75) is 41.9 Å². The highest BCUT2D eigenvalue weighted by molar-refractivity contribution is 7.90. The van der Waals surface area contributed by atoms with Crippen molar-refractivity contribution in [1.82, 2.24) is 9.88 Å². The van der Waals surface area contributed by atoms with Gasteiger partial charge in [0.2, 0.25) is 0 Å². The van der Waals surface area contributed by atoms with Crippen molar-refractivity contribution in [2.75, 3.05) is 13.1 Å². The molecule has 1 saturated heterocycles. The van der Waals surface area contributed by atoms with E-state index in [-0.39, 0.29) is 29.4 Å². The molecule has 1 amide bonds. The molecule has 0 radical (unpaired) electrons. The van der Waals surface area contributed by atoms with Crippen LogP contribution in [-0.2, 0) is 15.6 Å². The Morgan fingerprint density at radius 2 is 1.85 bits per heavy atom. The van der Waals surface area contributed by atoms with Crippen molar-refractivity contribution < 1.29 is 27.1 Å². The van der Waals surface area contributed by atoms with Crippen LogP contribution in [0.25, 0.3) is 10.2 Å². The Morgan fingerprint density at radius 3 is 2.53 bits per heavy atom. The van der Waals surface area contributed by atoms with Gasteiger partial charge < -0.3 is 10.0 Å². The van der Waals surface area contributed by atoms with Crippen molar-refractivity contribution in [2.24, 2.45) is 0 Å². The van der Waals surface area contributed by atoms with Crippen molar-refractivity contribution >= 4 is 37.3 Å². The smallest absolute Gasteiger partial charge is 0.266 e. The van der Waals surface area contributed by atoms with Crippen LogP contribution in [0.1, 0.15) is 41.6 Å². The normalized spacial score (nSPS) is 15.9. The van der Waals surface area contributed by atoms with Gasteiger partial charge in [0, 0.05) is 18.7 Å². The van der Waals surface area contributed by atoms with Gasteiger partial charge in [0.25, 0.3) is 12.0 Å². The molecule has 1 aromatic heterocycles. The highest BCUT2D eigenvalue weighted by Crippen LogP contribution is 2.29. The number of hydrogen-bond acceptors (Lipinski definition) is 6. The van der Waals surface area contributed by atoms with E-state index in [0.29, 0.717) is 42.6 Å². The summed E-state index contributed by atoms with van der Waals surface area (Å²) in [6, 6.07) is 11.5. The molecule has 2 heterocycles. The number of thiazole rings is 1. The van der Waals surface area contributed by atoms with Crippen molar-refractivity contribution in [3.8, 4) is 0 Å². The molecule has 2 aromatic carbocycles. The minimum absolute atomic E-state index is 0.0914. The molecule has 0 spiro atoms. The molecule has 10 heteroatoms. The first-order valence-corrected chi connectivity index (χ1v) is 13.4. The van der Waals surface area contributed by atoms with Gasteiger partial charge in [-0.2, -0.15) is 8.78 Å². The Balaban J connectivity index is 1.39. The van der Waals surface area contributed by atoms with Gasteiger partial charge in [-0.15, -0.1) is 11.3 Å². The first-order valence-electron chi connectivity index (χ1n) is 10.8. The van der Waals surface area contributed by atoms with E-state index >= 15 is 0 Å². The number of piperidine rings is 1. The molecule has 1 aliphatic rings. The molecule has 0 aliphatic carbocycles. The molecule has 4 rings (SSSR count). The molecule has 0 bridgehead atoms. The molecule has 0 atom stereocenters. The Morgan fingerprint density at radius 1 is 1.15 bits per heavy atom. The van der Waals surface area contributed by atoms with E-state index in [9.17, 15) is 27.1 Å². The number of rotatable bonds is 7. The molecule has 6 nitrogen and oxygen atoms in total. The molecule has 0 unspecified atom stereocenters. The van der Waals surface area contributed by atoms with Crippen LogP contribution in [0.4, 0.5) is 8.78 Å². The summed E-state index contributed by atoms with van der Waals surface area (Å²) in [6.45, 7) is 0.649. The van der Waals surface area contributed by atoms with Crippen LogP contribution in [0.5, 0.6) is 0 Å². The lowest BCUT2D eigenvalue weighted by molar-refractivity contribution is -0.0222. The standard InChI is InChI=1S/C24H24F2N2O4S2/c25-21(26)5-2-10-24(30)11-13-28(14-12-24)23(29)18-8-6-17(7-9-18)15-34(31,32)20-4-1-3-19-22(20)27-16-33-19/h1,3-9,16,30H,2,10-15H2. The number of amides is 1. The summed E-state index contributed by atoms with van der Waals surface area (Å²) in [5, 5.41) is 10.6. The molecular weight excluding hydrogens is 482 g/mol. The lowest BCUT2D eigenvalue weighted by atomic mass is 9.87. The average Bonchev–Trinajstić information content (AvgIpc) is 3.28. The average molecular weight is 507 g/mol. The van der Waals surface area contributed by atoms with Crippen LogP contribution in [0, 0.1) is 0 Å². The number of carbonyl (C=O) groups is 1. The molecule has 1 aliphatic heterocycles. The van der Waals surface area contributed by atoms with Gasteiger partial charge in [0.1, 0.15) is 0 Å². The topological polar surface area (TPSA) is 87.6 Å². The van der Waals surface area contributed by atoms with E-state index in [1.54, 1.807) is 46.8 Å². The zero-order valence-corrected chi connectivity index (χ0v) is 19.9. The summed E-state index contributed by atoms with van der Waals surface area (Å²) in [5.74, 6) is -0.415. The van der Waals surface area contributed by atoms with Crippen LogP contribution >= 0.6 is 11.3 Å². The van der Waals surface area contributed by atoms with Gasteiger partial charge in [0.15, 0.2) is 9.84 Å². The number of hydrogen-bond donors (Lipinski definition) is 1. The van der Waals surface area contributed by atoms with Gasteiger partial charge in [0.05, 0.1) is 32.0 Å². The van der Waals surface area contributed by atoms with E-state index in [1.165, 1.54) is 11.3 Å². The van der Waals surface area contributed by atoms with E-state index in [4.69, 9.17) is 0 Å². The molecule has 1 N–H and O–H groups in total. The number of likely N-dealkylation sites (tertiary alicyclic amines) is 1. The molecule has 0 saturated carbocycles. The van der Waals surface area contributed by atoms with Crippen molar-refractivity contribution in [3.63, 3.8) is 0 Å².